The molecular formula is C11H9BrClFN4O. The normalized spacial score (nSPS) is 10.4. The summed E-state index contributed by atoms with van der Waals surface area (Å²) in [7, 11) is 1.43. The van der Waals surface area contributed by atoms with E-state index >= 15 is 0 Å². The average molecular weight is 348 g/mol. The van der Waals surface area contributed by atoms with Crippen molar-refractivity contribution in [2.45, 2.75) is 6.92 Å². The van der Waals surface area contributed by atoms with Gasteiger partial charge in [-0.15, -0.1) is 0 Å². The summed E-state index contributed by atoms with van der Waals surface area (Å²) < 4.78 is 18.6. The van der Waals surface area contributed by atoms with E-state index in [2.05, 4.69) is 36.2 Å². The number of methoxy groups -OCH3 is 1. The lowest BCUT2D eigenvalue weighted by molar-refractivity contribution is 0.379. The molecule has 5 nitrogen and oxygen atoms in total. The number of aryl methyl sites for hydroxylation is 1. The van der Waals surface area contributed by atoms with Gasteiger partial charge in [0.1, 0.15) is 5.82 Å². The van der Waals surface area contributed by atoms with Gasteiger partial charge in [0.05, 0.1) is 11.6 Å². The quantitative estimate of drug-likeness (QED) is 0.921. The highest BCUT2D eigenvalue weighted by Gasteiger charge is 2.09. The Morgan fingerprint density at radius 2 is 2.05 bits per heavy atom. The zero-order valence-corrected chi connectivity index (χ0v) is 12.4. The molecule has 1 aromatic carbocycles. The first-order valence-electron chi connectivity index (χ1n) is 5.18. The fourth-order valence-electron chi connectivity index (χ4n) is 1.38. The van der Waals surface area contributed by atoms with Crippen LogP contribution in [0.4, 0.5) is 16.0 Å². The summed E-state index contributed by atoms with van der Waals surface area (Å²) in [5, 5.41) is 2.94. The van der Waals surface area contributed by atoms with Crippen LogP contribution in [0.5, 0.6) is 6.01 Å². The number of halogens is 3. The second kappa shape index (κ2) is 5.66. The number of hydrogen-bond acceptors (Lipinski definition) is 5. The van der Waals surface area contributed by atoms with Crippen LogP contribution in [0.15, 0.2) is 16.6 Å². The number of nitrogens with one attached hydrogen (secondary N) is 1. The molecule has 0 aliphatic carbocycles. The molecule has 1 aromatic heterocycles. The largest absolute Gasteiger partial charge is 0.467 e. The van der Waals surface area contributed by atoms with E-state index in [4.69, 9.17) is 16.3 Å². The second-order valence-corrected chi connectivity index (χ2v) is 4.81. The van der Waals surface area contributed by atoms with Gasteiger partial charge in [0, 0.05) is 5.69 Å². The molecule has 2 rings (SSSR count). The van der Waals surface area contributed by atoms with E-state index in [0.29, 0.717) is 15.7 Å². The average Bonchev–Trinajstić information content (AvgIpc) is 2.35. The van der Waals surface area contributed by atoms with Crippen LogP contribution >= 0.6 is 27.5 Å². The topological polar surface area (TPSA) is 59.9 Å². The van der Waals surface area contributed by atoms with Crippen LogP contribution < -0.4 is 10.1 Å². The summed E-state index contributed by atoms with van der Waals surface area (Å²) in [5.74, 6) is -0.118. The molecule has 0 fully saturated rings. The van der Waals surface area contributed by atoms with Crippen LogP contribution in [0, 0.1) is 12.7 Å². The van der Waals surface area contributed by atoms with Crippen molar-refractivity contribution in [2.24, 2.45) is 0 Å². The summed E-state index contributed by atoms with van der Waals surface area (Å²) in [6.07, 6.45) is 0. The Bertz CT molecular complexity index is 626. The van der Waals surface area contributed by atoms with Gasteiger partial charge in [0.15, 0.2) is 0 Å². The van der Waals surface area contributed by atoms with E-state index in [1.807, 2.05) is 0 Å². The molecule has 1 N–H and O–H groups in total. The van der Waals surface area contributed by atoms with Crippen molar-refractivity contribution in [2.75, 3.05) is 12.4 Å². The van der Waals surface area contributed by atoms with Crippen molar-refractivity contribution in [1.29, 1.82) is 0 Å². The Hall–Kier alpha value is -1.47. The van der Waals surface area contributed by atoms with Gasteiger partial charge < -0.3 is 10.1 Å². The lowest BCUT2D eigenvalue weighted by Gasteiger charge is -2.09. The molecule has 0 aliphatic rings. The molecule has 1 heterocycles. The van der Waals surface area contributed by atoms with Crippen LogP contribution in [0.1, 0.15) is 5.56 Å². The van der Waals surface area contributed by atoms with Crippen molar-refractivity contribution in [3.63, 3.8) is 0 Å². The number of rotatable bonds is 3. The summed E-state index contributed by atoms with van der Waals surface area (Å²) >= 11 is 8.86. The highest BCUT2D eigenvalue weighted by Crippen LogP contribution is 2.26. The molecule has 2 aromatic rings. The minimum atomic E-state index is -0.339. The van der Waals surface area contributed by atoms with Crippen molar-refractivity contribution >= 4 is 39.2 Å². The van der Waals surface area contributed by atoms with Crippen LogP contribution in [0.2, 0.25) is 5.28 Å². The number of benzene rings is 1. The highest BCUT2D eigenvalue weighted by molar-refractivity contribution is 9.10. The standard InChI is InChI=1S/C11H9BrClFN4O/c1-5-3-7(14)6(12)4-8(5)15-10-16-9(13)17-11(18-10)19-2/h3-4H,1-2H3,(H,15,16,17,18). The molecule has 0 atom stereocenters. The van der Waals surface area contributed by atoms with Gasteiger partial charge in [-0.3, -0.25) is 0 Å². The summed E-state index contributed by atoms with van der Waals surface area (Å²) in [5.41, 5.74) is 1.36. The number of anilines is 2. The lowest BCUT2D eigenvalue weighted by atomic mass is 10.2. The van der Waals surface area contributed by atoms with Gasteiger partial charge in [0.25, 0.3) is 0 Å². The smallest absolute Gasteiger partial charge is 0.322 e. The maximum absolute atomic E-state index is 13.3. The predicted octanol–water partition coefficient (Wildman–Crippen LogP) is 3.49. The molecule has 0 amide bonds. The predicted molar refractivity (Wildman–Crippen MR) is 73.5 cm³/mol. The lowest BCUT2D eigenvalue weighted by Crippen LogP contribution is -2.03. The van der Waals surface area contributed by atoms with E-state index in [1.165, 1.54) is 13.2 Å². The molecule has 0 radical (unpaired) electrons. The zero-order valence-electron chi connectivity index (χ0n) is 10.0. The van der Waals surface area contributed by atoms with Crippen LogP contribution in [-0.2, 0) is 0 Å². The van der Waals surface area contributed by atoms with Crippen molar-refractivity contribution in [3.8, 4) is 6.01 Å². The molecule has 8 heteroatoms. The zero-order chi connectivity index (χ0) is 14.0. The monoisotopic (exact) mass is 346 g/mol. The molecule has 0 saturated heterocycles. The SMILES string of the molecule is COc1nc(Cl)nc(Nc2cc(Br)c(F)cc2C)n1. The number of nitrogens with zero attached hydrogens (tertiary/aromatic N) is 3. The number of ether oxygens (including phenoxy) is 1. The Morgan fingerprint density at radius 3 is 2.74 bits per heavy atom. The first-order valence-corrected chi connectivity index (χ1v) is 6.35. The summed E-state index contributed by atoms with van der Waals surface area (Å²) in [6, 6.07) is 3.09. The van der Waals surface area contributed by atoms with Gasteiger partial charge in [-0.2, -0.15) is 15.0 Å². The summed E-state index contributed by atoms with van der Waals surface area (Å²) in [6.45, 7) is 1.76. The highest BCUT2D eigenvalue weighted by atomic mass is 79.9. The molecule has 0 saturated carbocycles. The third-order valence-electron chi connectivity index (χ3n) is 2.28. The maximum atomic E-state index is 13.3. The van der Waals surface area contributed by atoms with Gasteiger partial charge in [-0.1, -0.05) is 0 Å². The van der Waals surface area contributed by atoms with E-state index < -0.39 is 0 Å². The van der Waals surface area contributed by atoms with Crippen molar-refractivity contribution in [3.05, 3.63) is 33.3 Å². The van der Waals surface area contributed by atoms with E-state index in [-0.39, 0.29) is 23.1 Å². The molecule has 0 bridgehead atoms. The minimum Gasteiger partial charge on any atom is -0.467 e. The first kappa shape index (κ1) is 14.0. The Morgan fingerprint density at radius 1 is 1.32 bits per heavy atom. The Labute approximate surface area is 122 Å². The van der Waals surface area contributed by atoms with Gasteiger partial charge >= 0.3 is 6.01 Å². The number of hydrogen-bond donors (Lipinski definition) is 1. The first-order chi connectivity index (χ1) is 8.99. The van der Waals surface area contributed by atoms with Crippen molar-refractivity contribution < 1.29 is 9.13 Å². The second-order valence-electron chi connectivity index (χ2n) is 3.62. The van der Waals surface area contributed by atoms with Crippen LogP contribution in [-0.4, -0.2) is 22.1 Å². The molecule has 19 heavy (non-hydrogen) atoms. The summed E-state index contributed by atoms with van der Waals surface area (Å²) in [4.78, 5) is 11.7. The number of aromatic nitrogens is 3. The van der Waals surface area contributed by atoms with E-state index in [9.17, 15) is 4.39 Å². The van der Waals surface area contributed by atoms with E-state index in [0.717, 1.165) is 0 Å². The third kappa shape index (κ3) is 3.30. The minimum absolute atomic E-state index is 0.00757. The fraction of sp³-hybridized carbons (Fsp3) is 0.182. The molecule has 0 aliphatic heterocycles. The van der Waals surface area contributed by atoms with Crippen molar-refractivity contribution in [1.82, 2.24) is 15.0 Å². The Balaban J connectivity index is 2.36. The third-order valence-corrected chi connectivity index (χ3v) is 3.06. The molecule has 0 unspecified atom stereocenters. The van der Waals surface area contributed by atoms with Gasteiger partial charge in [0.2, 0.25) is 11.2 Å². The Kier molecular flexibility index (Phi) is 4.16. The van der Waals surface area contributed by atoms with Gasteiger partial charge in [-0.25, -0.2) is 4.39 Å². The molecular weight excluding hydrogens is 339 g/mol. The molecule has 0 spiro atoms. The van der Waals surface area contributed by atoms with Gasteiger partial charge in [-0.05, 0) is 52.2 Å². The van der Waals surface area contributed by atoms with Crippen LogP contribution in [0.25, 0.3) is 0 Å². The molecule has 100 valence electrons. The van der Waals surface area contributed by atoms with E-state index in [1.54, 1.807) is 13.0 Å². The van der Waals surface area contributed by atoms with Crippen LogP contribution in [0.3, 0.4) is 0 Å². The fourth-order valence-corrected chi connectivity index (χ4v) is 1.88. The maximum Gasteiger partial charge on any atom is 0.322 e.